The van der Waals surface area contributed by atoms with Gasteiger partial charge in [-0.1, -0.05) is 0 Å². The summed E-state index contributed by atoms with van der Waals surface area (Å²) in [5, 5.41) is 21.3. The molecule has 29 heavy (non-hydrogen) atoms. The Morgan fingerprint density at radius 1 is 0.966 bits per heavy atom. The molecular formula is C21H20O8. The van der Waals surface area contributed by atoms with Gasteiger partial charge in [0, 0.05) is 11.8 Å². The van der Waals surface area contributed by atoms with Gasteiger partial charge in [-0.2, -0.15) is 0 Å². The van der Waals surface area contributed by atoms with E-state index in [4.69, 9.17) is 23.7 Å². The molecule has 2 heterocycles. The fourth-order valence-corrected chi connectivity index (χ4v) is 4.63. The van der Waals surface area contributed by atoms with Crippen molar-refractivity contribution in [2.45, 2.75) is 12.0 Å². The fraction of sp³-hybridized carbons (Fsp3) is 0.381. The van der Waals surface area contributed by atoms with Crippen molar-refractivity contribution in [3.8, 4) is 28.7 Å². The van der Waals surface area contributed by atoms with Crippen molar-refractivity contribution in [1.29, 1.82) is 0 Å². The predicted molar refractivity (Wildman–Crippen MR) is 98.5 cm³/mol. The number of hydrogen-bond donors (Lipinski definition) is 2. The van der Waals surface area contributed by atoms with Crippen LogP contribution in [0, 0.1) is 11.8 Å². The maximum absolute atomic E-state index is 12.7. The molecule has 0 amide bonds. The van der Waals surface area contributed by atoms with E-state index in [2.05, 4.69) is 0 Å². The largest absolute Gasteiger partial charge is 0.502 e. The number of fused-ring (bicyclic) bond motifs is 3. The second kappa shape index (κ2) is 6.45. The summed E-state index contributed by atoms with van der Waals surface area (Å²) in [6.45, 7) is 0.246. The van der Waals surface area contributed by atoms with E-state index in [1.807, 2.05) is 0 Å². The van der Waals surface area contributed by atoms with Crippen molar-refractivity contribution >= 4 is 5.97 Å². The number of carbonyl (C=O) groups excluding carboxylic acids is 1. The number of aliphatic hydroxyl groups excluding tert-OH is 1. The molecule has 1 aliphatic carbocycles. The monoisotopic (exact) mass is 400 g/mol. The van der Waals surface area contributed by atoms with E-state index < -0.39 is 23.9 Å². The number of rotatable bonds is 3. The molecule has 152 valence electrons. The molecule has 2 aromatic rings. The average Bonchev–Trinajstić information content (AvgIpc) is 3.34. The van der Waals surface area contributed by atoms with E-state index in [1.165, 1.54) is 14.2 Å². The van der Waals surface area contributed by atoms with Gasteiger partial charge >= 0.3 is 5.97 Å². The fourth-order valence-electron chi connectivity index (χ4n) is 4.63. The molecule has 0 spiro atoms. The lowest BCUT2D eigenvalue weighted by atomic mass is 9.66. The van der Waals surface area contributed by atoms with Gasteiger partial charge in [-0.15, -0.1) is 0 Å². The van der Waals surface area contributed by atoms with Crippen molar-refractivity contribution in [2.75, 3.05) is 27.6 Å². The molecule has 0 saturated carbocycles. The topological polar surface area (TPSA) is 104 Å². The number of cyclic esters (lactones) is 1. The third-order valence-electron chi connectivity index (χ3n) is 6.01. The van der Waals surface area contributed by atoms with Crippen molar-refractivity contribution in [3.05, 3.63) is 41.0 Å². The van der Waals surface area contributed by atoms with Crippen molar-refractivity contribution in [2.24, 2.45) is 11.8 Å². The third-order valence-corrected chi connectivity index (χ3v) is 6.01. The number of esters is 1. The summed E-state index contributed by atoms with van der Waals surface area (Å²) in [5.41, 5.74) is 2.12. The molecular weight excluding hydrogens is 380 g/mol. The molecule has 2 aromatic carbocycles. The van der Waals surface area contributed by atoms with Gasteiger partial charge in [-0.25, -0.2) is 0 Å². The average molecular weight is 400 g/mol. The van der Waals surface area contributed by atoms with Gasteiger partial charge < -0.3 is 33.9 Å². The molecule has 8 heteroatoms. The lowest BCUT2D eigenvalue weighted by Gasteiger charge is -2.37. The highest BCUT2D eigenvalue weighted by atomic mass is 16.7. The van der Waals surface area contributed by atoms with Crippen LogP contribution in [0.3, 0.4) is 0 Å². The van der Waals surface area contributed by atoms with Gasteiger partial charge in [0.15, 0.2) is 23.0 Å². The number of phenolic OH excluding ortho intramolecular Hbond substituents is 1. The van der Waals surface area contributed by atoms with Gasteiger partial charge in [-0.3, -0.25) is 4.79 Å². The number of ether oxygens (including phenoxy) is 5. The van der Waals surface area contributed by atoms with E-state index in [0.29, 0.717) is 22.6 Å². The smallest absolute Gasteiger partial charge is 0.310 e. The SMILES string of the molecule is COc1cc([C@H]2c3cc4c(cc3[C@@H](O)[C@@H]3COC(=O)[C@H]23)OCO4)cc(OC)c1O. The molecule has 5 rings (SSSR count). The summed E-state index contributed by atoms with van der Waals surface area (Å²) in [5.74, 6) is -0.324. The highest BCUT2D eigenvalue weighted by Crippen LogP contribution is 2.55. The minimum atomic E-state index is -0.867. The molecule has 0 radical (unpaired) electrons. The summed E-state index contributed by atoms with van der Waals surface area (Å²) >= 11 is 0. The zero-order chi connectivity index (χ0) is 20.3. The Labute approximate surface area is 166 Å². The molecule has 3 aliphatic rings. The maximum Gasteiger partial charge on any atom is 0.310 e. The first-order chi connectivity index (χ1) is 14.0. The first kappa shape index (κ1) is 17.9. The third kappa shape index (κ3) is 2.52. The van der Waals surface area contributed by atoms with Crippen LogP contribution >= 0.6 is 0 Å². The number of methoxy groups -OCH3 is 2. The first-order valence-electron chi connectivity index (χ1n) is 9.26. The number of benzene rings is 2. The number of aliphatic hydroxyl groups is 1. The first-order valence-corrected chi connectivity index (χ1v) is 9.26. The highest BCUT2D eigenvalue weighted by Gasteiger charge is 2.52. The number of aromatic hydroxyl groups is 1. The zero-order valence-electron chi connectivity index (χ0n) is 15.9. The summed E-state index contributed by atoms with van der Waals surface area (Å²) in [6, 6.07) is 6.93. The number of hydrogen-bond acceptors (Lipinski definition) is 8. The van der Waals surface area contributed by atoms with E-state index in [0.717, 1.165) is 5.56 Å². The Morgan fingerprint density at radius 3 is 2.21 bits per heavy atom. The van der Waals surface area contributed by atoms with E-state index in [-0.39, 0.29) is 36.6 Å². The molecule has 0 unspecified atom stereocenters. The van der Waals surface area contributed by atoms with E-state index in [1.54, 1.807) is 24.3 Å². The minimum absolute atomic E-state index is 0.106. The van der Waals surface area contributed by atoms with Gasteiger partial charge in [0.1, 0.15) is 0 Å². The second-order valence-corrected chi connectivity index (χ2v) is 7.35. The van der Waals surface area contributed by atoms with Gasteiger partial charge in [0.25, 0.3) is 0 Å². The Hall–Kier alpha value is -3.13. The van der Waals surface area contributed by atoms with Crippen molar-refractivity contribution in [3.63, 3.8) is 0 Å². The Morgan fingerprint density at radius 2 is 1.59 bits per heavy atom. The van der Waals surface area contributed by atoms with Crippen LogP contribution in [0.15, 0.2) is 24.3 Å². The summed E-state index contributed by atoms with van der Waals surface area (Å²) in [4.78, 5) is 12.7. The van der Waals surface area contributed by atoms with Crippen molar-refractivity contribution < 1.29 is 38.7 Å². The van der Waals surface area contributed by atoms with Crippen LogP contribution in [0.25, 0.3) is 0 Å². The van der Waals surface area contributed by atoms with Crippen molar-refractivity contribution in [1.82, 2.24) is 0 Å². The standard InChI is InChI=1S/C21H20O8/c1-25-15-3-9(4-16(26-2)20(15)23)17-10-5-13-14(29-8-28-13)6-11(10)19(22)12-7-27-21(24)18(12)17/h3-6,12,17-19,22-23H,7-8H2,1-2H3/t12-,17+,18+,19-/m1/s1. The van der Waals surface area contributed by atoms with Crippen LogP contribution in [0.4, 0.5) is 0 Å². The quantitative estimate of drug-likeness (QED) is 0.755. The maximum atomic E-state index is 12.7. The van der Waals surface area contributed by atoms with Gasteiger partial charge in [0.2, 0.25) is 12.5 Å². The van der Waals surface area contributed by atoms with Crippen LogP contribution in [0.5, 0.6) is 28.7 Å². The Kier molecular flexibility index (Phi) is 3.99. The lowest BCUT2D eigenvalue weighted by molar-refractivity contribution is -0.141. The summed E-state index contributed by atoms with van der Waals surface area (Å²) in [7, 11) is 2.89. The minimum Gasteiger partial charge on any atom is -0.502 e. The van der Waals surface area contributed by atoms with Crippen LogP contribution in [-0.4, -0.2) is 43.8 Å². The predicted octanol–water partition coefficient (Wildman–Crippen LogP) is 2.11. The Balaban J connectivity index is 1.75. The molecule has 4 atom stereocenters. The summed E-state index contributed by atoms with van der Waals surface area (Å²) in [6.07, 6.45) is -0.867. The second-order valence-electron chi connectivity index (χ2n) is 7.35. The van der Waals surface area contributed by atoms with Crippen LogP contribution in [0.2, 0.25) is 0 Å². The molecule has 2 N–H and O–H groups in total. The van der Waals surface area contributed by atoms with E-state index in [9.17, 15) is 15.0 Å². The van der Waals surface area contributed by atoms with Gasteiger partial charge in [-0.05, 0) is 41.0 Å². The zero-order valence-corrected chi connectivity index (χ0v) is 15.9. The molecule has 0 bridgehead atoms. The van der Waals surface area contributed by atoms with Crippen LogP contribution < -0.4 is 18.9 Å². The lowest BCUT2D eigenvalue weighted by Crippen LogP contribution is -2.34. The van der Waals surface area contributed by atoms with Crippen LogP contribution in [-0.2, 0) is 9.53 Å². The molecule has 1 fully saturated rings. The Bertz CT molecular complexity index is 975. The normalized spacial score (nSPS) is 26.5. The molecule has 8 nitrogen and oxygen atoms in total. The highest BCUT2D eigenvalue weighted by molar-refractivity contribution is 5.79. The van der Waals surface area contributed by atoms with Gasteiger partial charge in [0.05, 0.1) is 32.8 Å². The van der Waals surface area contributed by atoms with E-state index >= 15 is 0 Å². The molecule has 1 saturated heterocycles. The molecule has 2 aliphatic heterocycles. The number of phenols is 1. The number of carbonyl (C=O) groups is 1. The van der Waals surface area contributed by atoms with Crippen LogP contribution in [0.1, 0.15) is 28.7 Å². The summed E-state index contributed by atoms with van der Waals surface area (Å²) < 4.78 is 26.9. The molecule has 0 aromatic heterocycles.